The number of carbonyl (C=O) groups excluding carboxylic acids is 3. The van der Waals surface area contributed by atoms with Crippen molar-refractivity contribution in [2.24, 2.45) is 34.5 Å². The summed E-state index contributed by atoms with van der Waals surface area (Å²) >= 11 is 0. The lowest BCUT2D eigenvalue weighted by Gasteiger charge is -2.64. The number of hydroxylamine groups is 2. The fourth-order valence-electron chi connectivity index (χ4n) is 14.4. The normalized spacial score (nSPS) is 42.9. The smallest absolute Gasteiger partial charge is 0.261 e. The van der Waals surface area contributed by atoms with Gasteiger partial charge in [-0.25, -0.2) is 0 Å². The molecule has 1 aromatic carbocycles. The second kappa shape index (κ2) is 11.0. The summed E-state index contributed by atoms with van der Waals surface area (Å²) in [4.78, 5) is 48.1. The number of likely N-dealkylation sites (tertiary alicyclic amines) is 1. The predicted octanol–water partition coefficient (Wildman–Crippen LogP) is 6.38. The molecule has 10 rings (SSSR count). The number of allylic oxidation sites excluding steroid dienone is 1. The highest BCUT2D eigenvalue weighted by Crippen LogP contribution is 2.71. The molecule has 2 amide bonds. The average molecular weight is 764 g/mol. The van der Waals surface area contributed by atoms with Crippen LogP contribution in [0.15, 0.2) is 36.4 Å². The first-order valence-corrected chi connectivity index (χ1v) is 20.7. The Kier molecular flexibility index (Phi) is 7.24. The largest absolute Gasteiger partial charge is 0.392 e. The van der Waals surface area contributed by atoms with E-state index >= 15 is 0 Å². The quantitative estimate of drug-likeness (QED) is 0.273. The molecule has 5 unspecified atom stereocenters. The number of carbonyl (C=O) groups is 3. The van der Waals surface area contributed by atoms with Gasteiger partial charge in [-0.2, -0.15) is 5.06 Å². The number of hydrogen-bond acceptors (Lipinski definition) is 8. The number of hydrogen-bond donors (Lipinski definition) is 2. The molecule has 1 aromatic heterocycles. The predicted molar refractivity (Wildman–Crippen MR) is 211 cm³/mol. The molecule has 0 radical (unpaired) electrons. The van der Waals surface area contributed by atoms with E-state index < -0.39 is 52.9 Å². The molecule has 0 spiro atoms. The van der Waals surface area contributed by atoms with Crippen LogP contribution in [-0.2, 0) is 31.0 Å². The van der Waals surface area contributed by atoms with Gasteiger partial charge in [0.15, 0.2) is 11.9 Å². The first kappa shape index (κ1) is 36.9. The molecule has 12 atom stereocenters. The van der Waals surface area contributed by atoms with Crippen LogP contribution >= 0.6 is 0 Å². The average Bonchev–Trinajstić information content (AvgIpc) is 3.89. The van der Waals surface area contributed by atoms with Crippen LogP contribution in [0.4, 0.5) is 0 Å². The van der Waals surface area contributed by atoms with E-state index in [1.165, 1.54) is 23.2 Å². The Labute approximate surface area is 329 Å². The highest BCUT2D eigenvalue weighted by Gasteiger charge is 2.68. The molecule has 0 bridgehead atoms. The zero-order chi connectivity index (χ0) is 40.1. The summed E-state index contributed by atoms with van der Waals surface area (Å²) in [6, 6.07) is 1.30. The van der Waals surface area contributed by atoms with Crippen molar-refractivity contribution in [3.05, 3.63) is 64.4 Å². The molecule has 4 aliphatic carbocycles. The number of aromatic nitrogens is 1. The third-order valence-electron chi connectivity index (χ3n) is 16.8. The van der Waals surface area contributed by atoms with Crippen molar-refractivity contribution in [3.63, 3.8) is 0 Å². The minimum atomic E-state index is -0.877. The van der Waals surface area contributed by atoms with Gasteiger partial charge in [-0.05, 0) is 113 Å². The van der Waals surface area contributed by atoms with Crippen molar-refractivity contribution in [1.82, 2.24) is 14.5 Å². The van der Waals surface area contributed by atoms with E-state index in [2.05, 4.69) is 64.0 Å². The standard InChI is InChI=1S/C46H57N3O7/c1-21(2)34-37(52)32-30-23(26-20-42(3,4)56-43(5,6)33(26)36(30)51)19-24-25-18-22-12-13-28-44(7,16-14-27-31-38(55-48(27)11)41(54)47(10)40(31)53)29(50)15-17-45(28,8)46(22,9)39(25)49(34)35(24)32/h14,16,19-20,22,27-29,31,33-34,36,38,50-51H,1,12-13,15,17-18H2,2-11H3/b16-14+/t22?,27?,28-,29-,31?,33?,34-,36+,38?,44-,45-,46+/m0/s1. The second-order valence-corrected chi connectivity index (χ2v) is 20.5. The number of aliphatic hydroxyl groups excluding tert-OH is 2. The van der Waals surface area contributed by atoms with Crippen LogP contribution in [0.1, 0.15) is 126 Å². The van der Waals surface area contributed by atoms with Crippen LogP contribution in [0.3, 0.4) is 0 Å². The van der Waals surface area contributed by atoms with Gasteiger partial charge in [-0.15, -0.1) is 0 Å². The van der Waals surface area contributed by atoms with Gasteiger partial charge in [-0.1, -0.05) is 45.1 Å². The molecule has 2 N–H and O–H groups in total. The van der Waals surface area contributed by atoms with Crippen LogP contribution < -0.4 is 0 Å². The Morgan fingerprint density at radius 2 is 1.71 bits per heavy atom. The lowest BCUT2D eigenvalue weighted by Crippen LogP contribution is -2.62. The first-order valence-electron chi connectivity index (χ1n) is 20.7. The second-order valence-electron chi connectivity index (χ2n) is 20.5. The number of amides is 2. The molecule has 56 heavy (non-hydrogen) atoms. The van der Waals surface area contributed by atoms with Gasteiger partial charge < -0.3 is 19.5 Å². The number of aliphatic hydroxyl groups is 2. The highest BCUT2D eigenvalue weighted by molar-refractivity contribution is 6.18. The number of Topliss-reactive ketones (excluding diaryl/α,β-unsaturated/α-hetero) is 1. The molecule has 2 aromatic rings. The van der Waals surface area contributed by atoms with E-state index in [1.54, 1.807) is 12.1 Å². The van der Waals surface area contributed by atoms with E-state index in [9.17, 15) is 24.6 Å². The molecule has 5 heterocycles. The Bertz CT molecular complexity index is 2280. The maximum atomic E-state index is 15.0. The topological polar surface area (TPSA) is 122 Å². The molecule has 4 fully saturated rings. The Morgan fingerprint density at radius 1 is 1.00 bits per heavy atom. The van der Waals surface area contributed by atoms with Crippen molar-refractivity contribution in [2.45, 2.75) is 135 Å². The van der Waals surface area contributed by atoms with Crippen molar-refractivity contribution >= 4 is 34.1 Å². The monoisotopic (exact) mass is 763 g/mol. The van der Waals surface area contributed by atoms with Crippen molar-refractivity contribution in [2.75, 3.05) is 14.1 Å². The van der Waals surface area contributed by atoms with E-state index in [0.29, 0.717) is 17.9 Å². The molecule has 298 valence electrons. The van der Waals surface area contributed by atoms with Gasteiger partial charge in [0.05, 0.1) is 46.4 Å². The lowest BCUT2D eigenvalue weighted by molar-refractivity contribution is -0.165. The van der Waals surface area contributed by atoms with Crippen LogP contribution in [0.25, 0.3) is 16.5 Å². The van der Waals surface area contributed by atoms with Crippen LogP contribution in [-0.4, -0.2) is 85.9 Å². The molecule has 8 aliphatic rings. The number of likely N-dealkylation sites (N-methyl/N-ethyl adjacent to an activating group) is 2. The van der Waals surface area contributed by atoms with Gasteiger partial charge in [-0.3, -0.25) is 24.1 Å². The number of rotatable bonds is 3. The number of nitrogens with zero attached hydrogens (tertiary/aromatic N) is 3. The Morgan fingerprint density at radius 3 is 2.41 bits per heavy atom. The van der Waals surface area contributed by atoms with Crippen molar-refractivity contribution < 1.29 is 34.2 Å². The maximum Gasteiger partial charge on any atom is 0.261 e. The van der Waals surface area contributed by atoms with E-state index in [1.807, 2.05) is 26.8 Å². The van der Waals surface area contributed by atoms with Gasteiger partial charge in [0.2, 0.25) is 5.91 Å². The molecule has 2 saturated heterocycles. The minimum absolute atomic E-state index is 0.0108. The Balaban J connectivity index is 1.13. The number of ketones is 1. The SMILES string of the molecule is C=C(C)[C@H]1C(=O)c2c3c(cc4c5c(n1c24)[C@@]1(C)C(CC[C@H]2[C@](C)(/C=C/C4C6C(=O)N(C)C(=O)C6ON4C)[C@@H](O)CC[C@@]21C)C5)C1=CC(C)(C)OC(C)(C)C1[C@@H]3O. The van der Waals surface area contributed by atoms with Gasteiger partial charge in [0, 0.05) is 47.5 Å². The summed E-state index contributed by atoms with van der Waals surface area (Å²) in [5, 5.41) is 27.0. The fourth-order valence-corrected chi connectivity index (χ4v) is 14.4. The van der Waals surface area contributed by atoms with Crippen molar-refractivity contribution in [3.8, 4) is 0 Å². The zero-order valence-corrected chi connectivity index (χ0v) is 34.5. The van der Waals surface area contributed by atoms with Gasteiger partial charge in [0.25, 0.3) is 5.91 Å². The maximum absolute atomic E-state index is 15.0. The third-order valence-corrected chi connectivity index (χ3v) is 16.8. The van der Waals surface area contributed by atoms with Crippen LogP contribution in [0.2, 0.25) is 0 Å². The lowest BCUT2D eigenvalue weighted by atomic mass is 9.40. The molecular formula is C46H57N3O7. The number of imide groups is 1. The molecule has 10 heteroatoms. The van der Waals surface area contributed by atoms with E-state index in [-0.39, 0.29) is 40.3 Å². The summed E-state index contributed by atoms with van der Waals surface area (Å²) < 4.78 is 8.89. The van der Waals surface area contributed by atoms with Gasteiger partial charge in [0.1, 0.15) is 6.04 Å². The molecule has 10 nitrogen and oxygen atoms in total. The van der Waals surface area contributed by atoms with E-state index in [4.69, 9.17) is 9.57 Å². The zero-order valence-electron chi connectivity index (χ0n) is 34.5. The third kappa shape index (κ3) is 4.13. The molecule has 4 aliphatic heterocycles. The summed E-state index contributed by atoms with van der Waals surface area (Å²) in [5.41, 5.74) is 5.30. The fraction of sp³-hybridized carbons (Fsp3) is 0.630. The van der Waals surface area contributed by atoms with Crippen LogP contribution in [0.5, 0.6) is 0 Å². The minimum Gasteiger partial charge on any atom is -0.392 e. The highest BCUT2D eigenvalue weighted by atomic mass is 16.7. The number of fused-ring (bicyclic) bond motifs is 12. The van der Waals surface area contributed by atoms with Crippen LogP contribution in [0, 0.1) is 34.5 Å². The molecular weight excluding hydrogens is 707 g/mol. The number of ether oxygens (including phenoxy) is 1. The van der Waals surface area contributed by atoms with Gasteiger partial charge >= 0.3 is 0 Å². The van der Waals surface area contributed by atoms with Crippen molar-refractivity contribution in [1.29, 1.82) is 0 Å². The summed E-state index contributed by atoms with van der Waals surface area (Å²) in [6.07, 6.45) is 8.29. The number of benzene rings is 1. The summed E-state index contributed by atoms with van der Waals surface area (Å²) in [7, 11) is 3.29. The Hall–Kier alpha value is -3.41. The summed E-state index contributed by atoms with van der Waals surface area (Å²) in [6.45, 7) is 21.6. The first-order chi connectivity index (χ1) is 26.1. The van der Waals surface area contributed by atoms with E-state index in [0.717, 1.165) is 58.9 Å². The molecule has 2 saturated carbocycles. The summed E-state index contributed by atoms with van der Waals surface area (Å²) in [5.74, 6) is -1.03.